The summed E-state index contributed by atoms with van der Waals surface area (Å²) in [4.78, 5) is 11.6. The number of methoxy groups -OCH3 is 1. The molecule has 0 fully saturated rings. The first-order chi connectivity index (χ1) is 11.7. The van der Waals surface area contributed by atoms with Gasteiger partial charge in [0.1, 0.15) is 18.1 Å². The third-order valence-corrected chi connectivity index (χ3v) is 3.11. The lowest BCUT2D eigenvalue weighted by molar-refractivity contribution is 0.139. The molecule has 24 heavy (non-hydrogen) atoms. The average molecular weight is 328 g/mol. The molecule has 1 amide bonds. The minimum atomic E-state index is -0.636. The van der Waals surface area contributed by atoms with E-state index in [9.17, 15) is 4.79 Å². The van der Waals surface area contributed by atoms with E-state index in [1.165, 1.54) is 6.21 Å². The van der Waals surface area contributed by atoms with E-state index < -0.39 is 6.09 Å². The van der Waals surface area contributed by atoms with Crippen molar-refractivity contribution in [1.29, 1.82) is 0 Å². The highest BCUT2D eigenvalue weighted by molar-refractivity contribution is 5.81. The van der Waals surface area contributed by atoms with E-state index in [4.69, 9.17) is 14.2 Å². The van der Waals surface area contributed by atoms with Crippen LogP contribution in [0.2, 0.25) is 0 Å². The molecule has 0 spiro atoms. The third-order valence-electron chi connectivity index (χ3n) is 3.11. The van der Waals surface area contributed by atoms with E-state index in [1.807, 2.05) is 49.4 Å². The number of benzene rings is 2. The quantitative estimate of drug-likeness (QED) is 0.625. The van der Waals surface area contributed by atoms with Crippen molar-refractivity contribution in [1.82, 2.24) is 5.43 Å². The minimum Gasteiger partial charge on any atom is -0.496 e. The summed E-state index contributed by atoms with van der Waals surface area (Å²) in [6.07, 6.45) is 0.892. The van der Waals surface area contributed by atoms with Gasteiger partial charge in [-0.2, -0.15) is 5.10 Å². The molecule has 2 aromatic rings. The van der Waals surface area contributed by atoms with Gasteiger partial charge in [-0.05, 0) is 42.8 Å². The molecule has 2 rings (SSSR count). The fourth-order valence-electron chi connectivity index (χ4n) is 1.97. The van der Waals surface area contributed by atoms with Crippen LogP contribution in [0.3, 0.4) is 0 Å². The Labute approximate surface area is 141 Å². The molecule has 0 saturated carbocycles. The fraction of sp³-hybridized carbons (Fsp3) is 0.222. The Morgan fingerprint density at radius 1 is 1.17 bits per heavy atom. The molecule has 0 bridgehead atoms. The van der Waals surface area contributed by atoms with Gasteiger partial charge in [-0.1, -0.05) is 18.2 Å². The van der Waals surface area contributed by atoms with Crippen molar-refractivity contribution >= 4 is 12.3 Å². The van der Waals surface area contributed by atoms with E-state index >= 15 is 0 Å². The van der Waals surface area contributed by atoms with E-state index in [2.05, 4.69) is 10.5 Å². The van der Waals surface area contributed by atoms with Crippen LogP contribution in [0.5, 0.6) is 11.5 Å². The number of hydrogen-bond donors (Lipinski definition) is 1. The second-order valence-electron chi connectivity index (χ2n) is 4.76. The first-order valence-corrected chi connectivity index (χ1v) is 7.53. The van der Waals surface area contributed by atoms with Crippen LogP contribution in [0.15, 0.2) is 53.6 Å². The Kier molecular flexibility index (Phi) is 6.64. The van der Waals surface area contributed by atoms with Crippen LogP contribution in [0.4, 0.5) is 4.79 Å². The Balaban J connectivity index is 1.80. The second kappa shape index (κ2) is 9.19. The van der Waals surface area contributed by atoms with Gasteiger partial charge in [0.15, 0.2) is 0 Å². The molecule has 1 N–H and O–H groups in total. The zero-order chi connectivity index (χ0) is 17.2. The zero-order valence-corrected chi connectivity index (χ0v) is 13.7. The zero-order valence-electron chi connectivity index (χ0n) is 13.7. The number of amides is 1. The maximum atomic E-state index is 11.6. The number of ether oxygens (including phenoxy) is 3. The number of nitrogens with zero attached hydrogens (tertiary/aromatic N) is 1. The number of para-hydroxylation sites is 1. The first-order valence-electron chi connectivity index (χ1n) is 7.53. The summed E-state index contributed by atoms with van der Waals surface area (Å²) in [6, 6.07) is 14.7. The lowest BCUT2D eigenvalue weighted by atomic mass is 10.2. The molecular weight excluding hydrogens is 308 g/mol. The minimum absolute atomic E-state index is 0.106. The summed E-state index contributed by atoms with van der Waals surface area (Å²) >= 11 is 0. The van der Waals surface area contributed by atoms with Gasteiger partial charge in [0.2, 0.25) is 0 Å². The molecular formula is C18H20N2O4. The van der Waals surface area contributed by atoms with Crippen LogP contribution in [-0.4, -0.2) is 26.0 Å². The maximum Gasteiger partial charge on any atom is 0.428 e. The Hall–Kier alpha value is -3.02. The largest absolute Gasteiger partial charge is 0.496 e. The first kappa shape index (κ1) is 17.3. The average Bonchev–Trinajstić information content (AvgIpc) is 2.62. The third kappa shape index (κ3) is 5.31. The fourth-order valence-corrected chi connectivity index (χ4v) is 1.97. The second-order valence-corrected chi connectivity index (χ2v) is 4.76. The van der Waals surface area contributed by atoms with Gasteiger partial charge in [0.25, 0.3) is 0 Å². The predicted molar refractivity (Wildman–Crippen MR) is 91.5 cm³/mol. The van der Waals surface area contributed by atoms with Crippen LogP contribution < -0.4 is 14.9 Å². The lowest BCUT2D eigenvalue weighted by Gasteiger charge is -2.08. The van der Waals surface area contributed by atoms with Crippen molar-refractivity contribution in [2.45, 2.75) is 13.5 Å². The number of carbonyl (C=O) groups excluding carboxylic acids is 1. The summed E-state index contributed by atoms with van der Waals surface area (Å²) < 4.78 is 15.6. The number of rotatable bonds is 7. The smallest absolute Gasteiger partial charge is 0.428 e. The van der Waals surface area contributed by atoms with Crippen LogP contribution in [0, 0.1) is 0 Å². The topological polar surface area (TPSA) is 69.2 Å². The molecule has 0 radical (unpaired) electrons. The Morgan fingerprint density at radius 3 is 2.62 bits per heavy atom. The predicted octanol–water partition coefficient (Wildman–Crippen LogP) is 3.35. The molecule has 6 heteroatoms. The summed E-state index contributed by atoms with van der Waals surface area (Å²) in [5, 5.41) is 3.85. The standard InChI is InChI=1S/C18H20N2O4/c1-3-23-16-10-8-14(9-11-16)12-19-20-18(21)24-13-15-6-4-5-7-17(15)22-2/h4-12H,3,13H2,1-2H3,(H,20,21). The number of hydrazone groups is 1. The molecule has 0 aliphatic rings. The van der Waals surface area contributed by atoms with Crippen molar-refractivity contribution in [3.05, 3.63) is 59.7 Å². The highest BCUT2D eigenvalue weighted by atomic mass is 16.6. The number of hydrogen-bond acceptors (Lipinski definition) is 5. The normalized spacial score (nSPS) is 10.4. The lowest BCUT2D eigenvalue weighted by Crippen LogP contribution is -2.18. The van der Waals surface area contributed by atoms with Crippen LogP contribution >= 0.6 is 0 Å². The van der Waals surface area contributed by atoms with Gasteiger partial charge in [-0.25, -0.2) is 10.2 Å². The van der Waals surface area contributed by atoms with E-state index in [-0.39, 0.29) is 6.61 Å². The van der Waals surface area contributed by atoms with Gasteiger partial charge in [0.05, 0.1) is 19.9 Å². The summed E-state index contributed by atoms with van der Waals surface area (Å²) in [7, 11) is 1.57. The Bertz CT molecular complexity index is 684. The van der Waals surface area contributed by atoms with Crippen molar-refractivity contribution in [2.24, 2.45) is 5.10 Å². The summed E-state index contributed by atoms with van der Waals surface area (Å²) in [5.74, 6) is 1.46. The molecule has 0 aliphatic heterocycles. The number of carbonyl (C=O) groups is 1. The van der Waals surface area contributed by atoms with Gasteiger partial charge < -0.3 is 14.2 Å². The van der Waals surface area contributed by atoms with Crippen molar-refractivity contribution < 1.29 is 19.0 Å². The highest BCUT2D eigenvalue weighted by Gasteiger charge is 2.05. The molecule has 2 aromatic carbocycles. The van der Waals surface area contributed by atoms with Crippen molar-refractivity contribution in [3.63, 3.8) is 0 Å². The van der Waals surface area contributed by atoms with Crippen molar-refractivity contribution in [3.8, 4) is 11.5 Å². The molecule has 0 unspecified atom stereocenters. The summed E-state index contributed by atoms with van der Waals surface area (Å²) in [6.45, 7) is 2.65. The molecule has 0 heterocycles. The maximum absolute atomic E-state index is 11.6. The van der Waals surface area contributed by atoms with Gasteiger partial charge in [-0.3, -0.25) is 0 Å². The van der Waals surface area contributed by atoms with Crippen LogP contribution in [-0.2, 0) is 11.3 Å². The van der Waals surface area contributed by atoms with Crippen LogP contribution in [0.25, 0.3) is 0 Å². The van der Waals surface area contributed by atoms with E-state index in [0.717, 1.165) is 16.9 Å². The number of nitrogens with one attached hydrogen (secondary N) is 1. The molecule has 6 nitrogen and oxygen atoms in total. The van der Waals surface area contributed by atoms with Crippen LogP contribution in [0.1, 0.15) is 18.1 Å². The SMILES string of the molecule is CCOc1ccc(C=NNC(=O)OCc2ccccc2OC)cc1. The molecule has 126 valence electrons. The van der Waals surface area contributed by atoms with E-state index in [1.54, 1.807) is 13.2 Å². The monoisotopic (exact) mass is 328 g/mol. The van der Waals surface area contributed by atoms with Gasteiger partial charge in [0, 0.05) is 5.56 Å². The molecule has 0 aliphatic carbocycles. The van der Waals surface area contributed by atoms with E-state index in [0.29, 0.717) is 12.4 Å². The molecule has 0 atom stereocenters. The molecule has 0 aromatic heterocycles. The molecule has 0 saturated heterocycles. The van der Waals surface area contributed by atoms with Gasteiger partial charge >= 0.3 is 6.09 Å². The van der Waals surface area contributed by atoms with Gasteiger partial charge in [-0.15, -0.1) is 0 Å². The highest BCUT2D eigenvalue weighted by Crippen LogP contribution is 2.17. The summed E-state index contributed by atoms with van der Waals surface area (Å²) in [5.41, 5.74) is 3.93. The van der Waals surface area contributed by atoms with Crippen molar-refractivity contribution in [2.75, 3.05) is 13.7 Å². The Morgan fingerprint density at radius 2 is 1.92 bits per heavy atom.